The highest BCUT2D eigenvalue weighted by Gasteiger charge is 2.26. The van der Waals surface area contributed by atoms with E-state index in [1.165, 1.54) is 24.6 Å². The van der Waals surface area contributed by atoms with Crippen LogP contribution in [0.4, 0.5) is 0 Å². The van der Waals surface area contributed by atoms with Crippen molar-refractivity contribution < 1.29 is 4.79 Å². The lowest BCUT2D eigenvalue weighted by Gasteiger charge is -2.38. The van der Waals surface area contributed by atoms with Crippen molar-refractivity contribution in [2.24, 2.45) is 11.8 Å². The number of rotatable bonds is 8. The van der Waals surface area contributed by atoms with Crippen molar-refractivity contribution in [3.8, 4) is 5.69 Å². The number of carbonyl (C=O) groups is 1. The first-order chi connectivity index (χ1) is 13.9. The Morgan fingerprint density at radius 1 is 1.34 bits per heavy atom. The van der Waals surface area contributed by atoms with Crippen LogP contribution < -0.4 is 5.32 Å². The number of aromatic nitrogens is 3. The summed E-state index contributed by atoms with van der Waals surface area (Å²) in [5, 5.41) is 12.6. The van der Waals surface area contributed by atoms with Crippen LogP contribution in [0.2, 0.25) is 5.02 Å². The predicted octanol–water partition coefficient (Wildman–Crippen LogP) is 3.89. The van der Waals surface area contributed by atoms with E-state index in [4.69, 9.17) is 11.6 Å². The SMILES string of the molecule is CC1CCN(C(CNC(=O)CSc2nncn2-c2cccc(Cl)c2)C(C)C)CC1. The van der Waals surface area contributed by atoms with E-state index in [1.54, 1.807) is 6.33 Å². The average molecular weight is 436 g/mol. The first-order valence-electron chi connectivity index (χ1n) is 10.2. The van der Waals surface area contributed by atoms with E-state index < -0.39 is 0 Å². The third kappa shape index (κ3) is 6.20. The second-order valence-corrected chi connectivity index (χ2v) is 9.46. The molecule has 1 aliphatic heterocycles. The second kappa shape index (κ2) is 10.5. The Balaban J connectivity index is 1.52. The number of amides is 1. The molecule has 158 valence electrons. The van der Waals surface area contributed by atoms with Gasteiger partial charge < -0.3 is 5.32 Å². The minimum atomic E-state index is 0.0201. The van der Waals surface area contributed by atoms with Gasteiger partial charge in [-0.2, -0.15) is 0 Å². The monoisotopic (exact) mass is 435 g/mol. The van der Waals surface area contributed by atoms with Crippen LogP contribution in [0.25, 0.3) is 5.69 Å². The van der Waals surface area contributed by atoms with Gasteiger partial charge in [0.2, 0.25) is 5.91 Å². The van der Waals surface area contributed by atoms with Gasteiger partial charge in [-0.3, -0.25) is 14.3 Å². The maximum Gasteiger partial charge on any atom is 0.230 e. The van der Waals surface area contributed by atoms with Crippen molar-refractivity contribution in [2.45, 2.75) is 44.8 Å². The van der Waals surface area contributed by atoms with Crippen molar-refractivity contribution in [2.75, 3.05) is 25.4 Å². The molecule has 1 aliphatic rings. The molecule has 29 heavy (non-hydrogen) atoms. The number of nitrogens with zero attached hydrogens (tertiary/aromatic N) is 4. The summed E-state index contributed by atoms with van der Waals surface area (Å²) < 4.78 is 1.84. The number of hydrogen-bond donors (Lipinski definition) is 1. The number of halogens is 1. The van der Waals surface area contributed by atoms with Crippen molar-refractivity contribution in [3.05, 3.63) is 35.6 Å². The predicted molar refractivity (Wildman–Crippen MR) is 119 cm³/mol. The molecule has 1 aromatic heterocycles. The average Bonchev–Trinajstić information content (AvgIpc) is 3.16. The fourth-order valence-corrected chi connectivity index (χ4v) is 4.62. The van der Waals surface area contributed by atoms with Gasteiger partial charge in [0.15, 0.2) is 5.16 Å². The van der Waals surface area contributed by atoms with Crippen LogP contribution in [-0.4, -0.2) is 57.0 Å². The summed E-state index contributed by atoms with van der Waals surface area (Å²) in [5.41, 5.74) is 0.879. The summed E-state index contributed by atoms with van der Waals surface area (Å²) in [7, 11) is 0. The molecule has 0 saturated carbocycles. The summed E-state index contributed by atoms with van der Waals surface area (Å²) in [6, 6.07) is 7.87. The first-order valence-corrected chi connectivity index (χ1v) is 11.6. The molecule has 1 fully saturated rings. The Morgan fingerprint density at radius 2 is 2.10 bits per heavy atom. The largest absolute Gasteiger partial charge is 0.354 e. The van der Waals surface area contributed by atoms with E-state index in [-0.39, 0.29) is 5.91 Å². The molecular formula is C21H30ClN5OS. The number of carbonyl (C=O) groups excluding carboxylic acids is 1. The summed E-state index contributed by atoms with van der Waals surface area (Å²) in [4.78, 5) is 15.0. The molecule has 1 unspecified atom stereocenters. The normalized spacial score (nSPS) is 16.9. The number of piperidine rings is 1. The van der Waals surface area contributed by atoms with Gasteiger partial charge in [0.25, 0.3) is 0 Å². The Hall–Kier alpha value is -1.57. The number of likely N-dealkylation sites (tertiary alicyclic amines) is 1. The molecule has 1 amide bonds. The molecule has 2 heterocycles. The molecule has 0 spiro atoms. The van der Waals surface area contributed by atoms with Gasteiger partial charge >= 0.3 is 0 Å². The van der Waals surface area contributed by atoms with Gasteiger partial charge in [-0.15, -0.1) is 10.2 Å². The molecule has 3 rings (SSSR count). The van der Waals surface area contributed by atoms with Crippen LogP contribution in [-0.2, 0) is 4.79 Å². The number of benzene rings is 1. The molecule has 8 heteroatoms. The maximum absolute atomic E-state index is 12.5. The fourth-order valence-electron chi connectivity index (χ4n) is 3.67. The molecule has 6 nitrogen and oxygen atoms in total. The van der Waals surface area contributed by atoms with Crippen LogP contribution in [0.5, 0.6) is 0 Å². The highest BCUT2D eigenvalue weighted by molar-refractivity contribution is 7.99. The van der Waals surface area contributed by atoms with E-state index in [1.807, 2.05) is 28.8 Å². The molecule has 1 saturated heterocycles. The first kappa shape index (κ1) is 22.1. The van der Waals surface area contributed by atoms with Gasteiger partial charge in [-0.05, 0) is 56.0 Å². The van der Waals surface area contributed by atoms with Crippen LogP contribution in [0, 0.1) is 11.8 Å². The molecule has 1 aromatic carbocycles. The topological polar surface area (TPSA) is 63.1 Å². The highest BCUT2D eigenvalue weighted by atomic mass is 35.5. The van der Waals surface area contributed by atoms with Gasteiger partial charge in [0, 0.05) is 17.6 Å². The fraction of sp³-hybridized carbons (Fsp3) is 0.571. The van der Waals surface area contributed by atoms with Crippen molar-refractivity contribution >= 4 is 29.3 Å². The quantitative estimate of drug-likeness (QED) is 0.637. The minimum absolute atomic E-state index is 0.0201. The Morgan fingerprint density at radius 3 is 2.79 bits per heavy atom. The van der Waals surface area contributed by atoms with Crippen LogP contribution in [0.3, 0.4) is 0 Å². The van der Waals surface area contributed by atoms with Crippen LogP contribution >= 0.6 is 23.4 Å². The number of thioether (sulfide) groups is 1. The van der Waals surface area contributed by atoms with Crippen molar-refractivity contribution in [3.63, 3.8) is 0 Å². The highest BCUT2D eigenvalue weighted by Crippen LogP contribution is 2.23. The standard InChI is InChI=1S/C21H30ClN5OS/c1-15(2)19(26-9-7-16(3)8-10-26)12-23-20(28)13-29-21-25-24-14-27(21)18-6-4-5-17(22)11-18/h4-6,11,14-16,19H,7-10,12-13H2,1-3H3,(H,23,28). The molecule has 1 atom stereocenters. The van der Waals surface area contributed by atoms with Gasteiger partial charge in [0.05, 0.1) is 11.4 Å². The van der Waals surface area contributed by atoms with Crippen LogP contribution in [0.15, 0.2) is 35.7 Å². The molecular weight excluding hydrogens is 406 g/mol. The zero-order valence-corrected chi connectivity index (χ0v) is 18.9. The summed E-state index contributed by atoms with van der Waals surface area (Å²) in [5.74, 6) is 1.64. The van der Waals surface area contributed by atoms with E-state index >= 15 is 0 Å². The number of hydrogen-bond acceptors (Lipinski definition) is 5. The van der Waals surface area contributed by atoms with Crippen LogP contribution in [0.1, 0.15) is 33.6 Å². The molecule has 0 bridgehead atoms. The Bertz CT molecular complexity index is 804. The van der Waals surface area contributed by atoms with Gasteiger partial charge in [0.1, 0.15) is 6.33 Å². The maximum atomic E-state index is 12.5. The lowest BCUT2D eigenvalue weighted by Crippen LogP contribution is -2.49. The summed E-state index contributed by atoms with van der Waals surface area (Å²) in [6.45, 7) is 9.72. The molecule has 1 N–H and O–H groups in total. The third-order valence-corrected chi connectivity index (χ3v) is 6.68. The minimum Gasteiger partial charge on any atom is -0.354 e. The van der Waals surface area contributed by atoms with E-state index in [0.29, 0.717) is 34.4 Å². The molecule has 0 aliphatic carbocycles. The second-order valence-electron chi connectivity index (χ2n) is 8.09. The Kier molecular flexibility index (Phi) is 7.98. The van der Waals surface area contributed by atoms with Gasteiger partial charge in [-0.25, -0.2) is 0 Å². The molecule has 0 radical (unpaired) electrons. The zero-order chi connectivity index (χ0) is 20.8. The van der Waals surface area contributed by atoms with E-state index in [2.05, 4.69) is 41.2 Å². The van der Waals surface area contributed by atoms with Gasteiger partial charge in [-0.1, -0.05) is 50.2 Å². The zero-order valence-electron chi connectivity index (χ0n) is 17.3. The summed E-state index contributed by atoms with van der Waals surface area (Å²) >= 11 is 7.46. The van der Waals surface area contributed by atoms with Crippen molar-refractivity contribution in [1.29, 1.82) is 0 Å². The summed E-state index contributed by atoms with van der Waals surface area (Å²) in [6.07, 6.45) is 4.12. The lowest BCUT2D eigenvalue weighted by molar-refractivity contribution is -0.118. The van der Waals surface area contributed by atoms with E-state index in [0.717, 1.165) is 24.7 Å². The smallest absolute Gasteiger partial charge is 0.230 e. The number of nitrogens with one attached hydrogen (secondary N) is 1. The molecule has 2 aromatic rings. The van der Waals surface area contributed by atoms with E-state index in [9.17, 15) is 4.79 Å². The lowest BCUT2D eigenvalue weighted by atomic mass is 9.94. The Labute approximate surface area is 182 Å². The third-order valence-electron chi connectivity index (χ3n) is 5.50. The van der Waals surface area contributed by atoms with Crippen molar-refractivity contribution in [1.82, 2.24) is 25.0 Å².